The van der Waals surface area contributed by atoms with Crippen molar-refractivity contribution < 1.29 is 28.8 Å². The Labute approximate surface area is 266 Å². The molecule has 1 saturated heterocycles. The van der Waals surface area contributed by atoms with E-state index in [-0.39, 0.29) is 42.2 Å². The first-order valence-electron chi connectivity index (χ1n) is 14.7. The molecular formula is C31H36N6O7S. The topological polar surface area (TPSA) is 149 Å². The maximum absolute atomic E-state index is 13.8. The van der Waals surface area contributed by atoms with Crippen molar-refractivity contribution in [2.75, 3.05) is 30.0 Å². The van der Waals surface area contributed by atoms with Crippen molar-refractivity contribution in [3.8, 4) is 5.75 Å². The fourth-order valence-corrected chi connectivity index (χ4v) is 5.50. The van der Waals surface area contributed by atoms with Crippen LogP contribution in [0.5, 0.6) is 5.75 Å². The molecule has 2 heterocycles. The average Bonchev–Trinajstić information content (AvgIpc) is 3.42. The molecule has 0 bridgehead atoms. The number of esters is 1. The Bertz CT molecular complexity index is 1570. The van der Waals surface area contributed by atoms with Gasteiger partial charge in [-0.05, 0) is 94.4 Å². The smallest absolute Gasteiger partial charge is 0.338 e. The lowest BCUT2D eigenvalue weighted by Crippen LogP contribution is -2.38. The number of carbonyl (C=O) groups is 3. The van der Waals surface area contributed by atoms with E-state index in [2.05, 4.69) is 10.4 Å². The van der Waals surface area contributed by atoms with E-state index in [1.165, 1.54) is 4.90 Å². The minimum absolute atomic E-state index is 0.0289. The van der Waals surface area contributed by atoms with Crippen LogP contribution in [0.15, 0.2) is 48.5 Å². The lowest BCUT2D eigenvalue weighted by atomic mass is 10.1. The number of amides is 2. The van der Waals surface area contributed by atoms with Crippen molar-refractivity contribution in [1.82, 2.24) is 14.7 Å². The SMILES string of the molecule is CCCOc1ccc(NC(=O)C[C@@H]2C(=O)N(c3ccc(C(=O)OCC)cc3)C(=S)N2CCCn2nc(C)c([N+](=O)[O-])c2C)cc1. The number of hydrogen-bond acceptors (Lipinski definition) is 9. The number of hydrogen-bond donors (Lipinski definition) is 1. The first-order valence-corrected chi connectivity index (χ1v) is 15.1. The second kappa shape index (κ2) is 14.8. The summed E-state index contributed by atoms with van der Waals surface area (Å²) in [5.74, 6) is -0.555. The number of nitrogens with zero attached hydrogens (tertiary/aromatic N) is 5. The number of anilines is 2. The fraction of sp³-hybridized carbons (Fsp3) is 0.387. The quantitative estimate of drug-likeness (QED) is 0.113. The van der Waals surface area contributed by atoms with Gasteiger partial charge in [0.15, 0.2) is 5.11 Å². The molecule has 238 valence electrons. The number of nitro groups is 1. The minimum Gasteiger partial charge on any atom is -0.494 e. The number of thiocarbonyl (C=S) groups is 1. The minimum atomic E-state index is -0.899. The summed E-state index contributed by atoms with van der Waals surface area (Å²) < 4.78 is 12.2. The highest BCUT2D eigenvalue weighted by Gasteiger charge is 2.44. The molecule has 1 atom stereocenters. The van der Waals surface area contributed by atoms with E-state index >= 15 is 0 Å². The summed E-state index contributed by atoms with van der Waals surface area (Å²) in [7, 11) is 0. The summed E-state index contributed by atoms with van der Waals surface area (Å²) in [6.45, 7) is 8.40. The summed E-state index contributed by atoms with van der Waals surface area (Å²) in [4.78, 5) is 53.1. The molecular weight excluding hydrogens is 600 g/mol. The molecule has 1 N–H and O–H groups in total. The molecule has 14 heteroatoms. The van der Waals surface area contributed by atoms with Crippen molar-refractivity contribution in [2.24, 2.45) is 0 Å². The molecule has 2 amide bonds. The van der Waals surface area contributed by atoms with Gasteiger partial charge in [0, 0.05) is 18.8 Å². The van der Waals surface area contributed by atoms with Gasteiger partial charge < -0.3 is 19.7 Å². The number of ether oxygens (including phenoxy) is 2. The molecule has 13 nitrogen and oxygen atoms in total. The monoisotopic (exact) mass is 636 g/mol. The van der Waals surface area contributed by atoms with Gasteiger partial charge in [-0.25, -0.2) is 4.79 Å². The van der Waals surface area contributed by atoms with Gasteiger partial charge >= 0.3 is 11.7 Å². The molecule has 0 radical (unpaired) electrons. The number of aromatic nitrogens is 2. The Morgan fingerprint density at radius 3 is 2.36 bits per heavy atom. The first-order chi connectivity index (χ1) is 21.5. The van der Waals surface area contributed by atoms with Crippen LogP contribution in [0.25, 0.3) is 0 Å². The van der Waals surface area contributed by atoms with Crippen LogP contribution < -0.4 is 15.0 Å². The van der Waals surface area contributed by atoms with Crippen molar-refractivity contribution in [1.29, 1.82) is 0 Å². The Morgan fingerprint density at radius 1 is 1.07 bits per heavy atom. The Hall–Kier alpha value is -4.85. The molecule has 1 aliphatic heterocycles. The highest BCUT2D eigenvalue weighted by molar-refractivity contribution is 7.80. The van der Waals surface area contributed by atoms with Gasteiger partial charge in [0.05, 0.1) is 35.8 Å². The summed E-state index contributed by atoms with van der Waals surface area (Å²) in [6, 6.07) is 12.4. The maximum atomic E-state index is 13.8. The van der Waals surface area contributed by atoms with E-state index in [1.54, 1.807) is 78.9 Å². The third kappa shape index (κ3) is 7.63. The molecule has 4 rings (SSSR count). The van der Waals surface area contributed by atoms with Gasteiger partial charge in [0.25, 0.3) is 5.91 Å². The molecule has 0 unspecified atom stereocenters. The van der Waals surface area contributed by atoms with E-state index in [0.29, 0.717) is 53.6 Å². The molecule has 1 aromatic heterocycles. The van der Waals surface area contributed by atoms with Gasteiger partial charge in [0.2, 0.25) is 5.91 Å². The van der Waals surface area contributed by atoms with E-state index in [9.17, 15) is 24.5 Å². The number of benzene rings is 2. The molecule has 45 heavy (non-hydrogen) atoms. The normalized spacial score (nSPS) is 14.5. The van der Waals surface area contributed by atoms with Gasteiger partial charge in [0.1, 0.15) is 23.2 Å². The van der Waals surface area contributed by atoms with Crippen LogP contribution in [0.1, 0.15) is 54.9 Å². The Morgan fingerprint density at radius 2 is 1.76 bits per heavy atom. The van der Waals surface area contributed by atoms with Crippen LogP contribution in [-0.4, -0.2) is 68.3 Å². The van der Waals surface area contributed by atoms with Crippen LogP contribution in [0, 0.1) is 24.0 Å². The van der Waals surface area contributed by atoms with Gasteiger partial charge in [-0.3, -0.25) is 29.3 Å². The fourth-order valence-electron chi connectivity index (χ4n) is 5.09. The Kier molecular flexibility index (Phi) is 10.8. The molecule has 0 spiro atoms. The first kappa shape index (κ1) is 33.1. The predicted octanol–water partition coefficient (Wildman–Crippen LogP) is 4.79. The Balaban J connectivity index is 1.52. The summed E-state index contributed by atoms with van der Waals surface area (Å²) in [6.07, 6.45) is 1.15. The van der Waals surface area contributed by atoms with Crippen molar-refractivity contribution in [3.05, 3.63) is 75.6 Å². The molecule has 1 aliphatic rings. The van der Waals surface area contributed by atoms with Crippen LogP contribution >= 0.6 is 12.2 Å². The lowest BCUT2D eigenvalue weighted by Gasteiger charge is -2.24. The molecule has 1 fully saturated rings. The highest BCUT2D eigenvalue weighted by Crippen LogP contribution is 2.29. The van der Waals surface area contributed by atoms with Gasteiger partial charge in [-0.1, -0.05) is 6.92 Å². The lowest BCUT2D eigenvalue weighted by molar-refractivity contribution is -0.386. The predicted molar refractivity (Wildman–Crippen MR) is 171 cm³/mol. The van der Waals surface area contributed by atoms with Gasteiger partial charge in [-0.15, -0.1) is 0 Å². The zero-order valence-electron chi connectivity index (χ0n) is 25.6. The van der Waals surface area contributed by atoms with Crippen molar-refractivity contribution in [3.63, 3.8) is 0 Å². The van der Waals surface area contributed by atoms with Gasteiger partial charge in [-0.2, -0.15) is 5.10 Å². The van der Waals surface area contributed by atoms with Crippen LogP contribution in [0.3, 0.4) is 0 Å². The summed E-state index contributed by atoms with van der Waals surface area (Å²) >= 11 is 5.75. The maximum Gasteiger partial charge on any atom is 0.338 e. The zero-order chi connectivity index (χ0) is 32.7. The second-order valence-electron chi connectivity index (χ2n) is 10.4. The molecule has 3 aromatic rings. The number of aryl methyl sites for hydroxylation is 2. The highest BCUT2D eigenvalue weighted by atomic mass is 32.1. The second-order valence-corrected chi connectivity index (χ2v) is 10.8. The number of rotatable bonds is 14. The third-order valence-corrected chi connectivity index (χ3v) is 7.66. The van der Waals surface area contributed by atoms with E-state index in [0.717, 1.165) is 6.42 Å². The molecule has 2 aromatic carbocycles. The number of carbonyl (C=O) groups excluding carboxylic acids is 3. The van der Waals surface area contributed by atoms with Crippen LogP contribution in [0.2, 0.25) is 0 Å². The van der Waals surface area contributed by atoms with E-state index < -0.39 is 16.9 Å². The van der Waals surface area contributed by atoms with Crippen LogP contribution in [-0.2, 0) is 20.9 Å². The van der Waals surface area contributed by atoms with Crippen molar-refractivity contribution >= 4 is 52.2 Å². The van der Waals surface area contributed by atoms with Crippen molar-refractivity contribution in [2.45, 2.75) is 59.5 Å². The summed E-state index contributed by atoms with van der Waals surface area (Å²) in [5, 5.41) is 18.8. The number of nitrogens with one attached hydrogen (secondary N) is 1. The standard InChI is InChI=1S/C31H36N6O7S/c1-5-18-44-25-14-10-23(11-15-25)32-27(38)19-26-29(39)36(24-12-8-22(9-13-24)30(40)43-6-2)31(45)34(26)16-7-17-35-21(4)28(37(41)42)20(3)33-35/h8-15,26H,5-7,16-19H2,1-4H3,(H,32,38)/t26-/m1/s1. The average molecular weight is 637 g/mol. The summed E-state index contributed by atoms with van der Waals surface area (Å²) in [5.41, 5.74) is 2.06. The molecule has 0 saturated carbocycles. The van der Waals surface area contributed by atoms with E-state index in [1.807, 2.05) is 6.92 Å². The third-order valence-electron chi connectivity index (χ3n) is 7.24. The van der Waals surface area contributed by atoms with E-state index in [4.69, 9.17) is 21.7 Å². The molecule has 0 aliphatic carbocycles. The zero-order valence-corrected chi connectivity index (χ0v) is 26.5. The largest absolute Gasteiger partial charge is 0.494 e. The van der Waals surface area contributed by atoms with Crippen LogP contribution in [0.4, 0.5) is 17.1 Å².